The van der Waals surface area contributed by atoms with E-state index in [-0.39, 0.29) is 24.4 Å². The van der Waals surface area contributed by atoms with Crippen LogP contribution in [0.15, 0.2) is 66.0 Å². The van der Waals surface area contributed by atoms with Gasteiger partial charge in [-0.25, -0.2) is 4.79 Å². The summed E-state index contributed by atoms with van der Waals surface area (Å²) in [5, 5.41) is 7.75. The summed E-state index contributed by atoms with van der Waals surface area (Å²) in [6.45, 7) is 2.27. The predicted molar refractivity (Wildman–Crippen MR) is 130 cm³/mol. The van der Waals surface area contributed by atoms with Gasteiger partial charge < -0.3 is 15.4 Å². The Hall–Kier alpha value is -3.65. The molecule has 2 fully saturated rings. The molecule has 174 valence electrons. The number of benzene rings is 2. The van der Waals surface area contributed by atoms with Crippen LogP contribution in [-0.4, -0.2) is 34.9 Å². The number of nitrogens with zero attached hydrogens (tertiary/aromatic N) is 1. The number of rotatable bonds is 7. The van der Waals surface area contributed by atoms with E-state index in [1.54, 1.807) is 24.3 Å². The first-order chi connectivity index (χ1) is 16.5. The Morgan fingerprint density at radius 1 is 1.09 bits per heavy atom. The first kappa shape index (κ1) is 22.2. The Morgan fingerprint density at radius 3 is 2.59 bits per heavy atom. The van der Waals surface area contributed by atoms with Gasteiger partial charge in [-0.05, 0) is 54.5 Å². The van der Waals surface area contributed by atoms with Crippen molar-refractivity contribution in [2.45, 2.75) is 44.5 Å². The number of ether oxygens (including phenoxy) is 1. The van der Waals surface area contributed by atoms with E-state index >= 15 is 0 Å². The standard InChI is InChI=1S/C26H25N3O4S/c1-16-7-9-17(10-8-16)15-29-22(25(31)27-19-11-12-19)23(33-26(29)32)18-4-2-5-20(14-18)28-24(30)21-6-3-13-34-21/h2-10,13-14,19,22-23H,11-12,15H2,1H3,(H,27,31)(H,28,30). The highest BCUT2D eigenvalue weighted by Gasteiger charge is 2.48. The Balaban J connectivity index is 1.41. The van der Waals surface area contributed by atoms with Gasteiger partial charge in [0.05, 0.1) is 11.4 Å². The second kappa shape index (κ2) is 9.30. The predicted octanol–water partition coefficient (Wildman–Crippen LogP) is 4.65. The van der Waals surface area contributed by atoms with E-state index in [9.17, 15) is 14.4 Å². The van der Waals surface area contributed by atoms with Crippen LogP contribution < -0.4 is 10.6 Å². The van der Waals surface area contributed by atoms with Crippen LogP contribution in [0.5, 0.6) is 0 Å². The number of thiophene rings is 1. The maximum Gasteiger partial charge on any atom is 0.411 e. The van der Waals surface area contributed by atoms with Crippen LogP contribution in [0.4, 0.5) is 10.5 Å². The summed E-state index contributed by atoms with van der Waals surface area (Å²) in [6, 6.07) is 17.9. The zero-order valence-electron chi connectivity index (χ0n) is 18.7. The quantitative estimate of drug-likeness (QED) is 0.521. The van der Waals surface area contributed by atoms with Crippen molar-refractivity contribution in [2.75, 3.05) is 5.32 Å². The average molecular weight is 476 g/mol. The van der Waals surface area contributed by atoms with Gasteiger partial charge in [-0.15, -0.1) is 11.3 Å². The summed E-state index contributed by atoms with van der Waals surface area (Å²) < 4.78 is 5.74. The number of amides is 3. The van der Waals surface area contributed by atoms with Gasteiger partial charge in [0.1, 0.15) is 0 Å². The molecule has 3 amide bonds. The van der Waals surface area contributed by atoms with E-state index in [1.807, 2.05) is 48.7 Å². The van der Waals surface area contributed by atoms with Crippen molar-refractivity contribution in [3.63, 3.8) is 0 Å². The zero-order valence-corrected chi connectivity index (χ0v) is 19.5. The molecule has 0 spiro atoms. The topological polar surface area (TPSA) is 87.7 Å². The van der Waals surface area contributed by atoms with Gasteiger partial charge in [0, 0.05) is 11.7 Å². The van der Waals surface area contributed by atoms with Crippen molar-refractivity contribution in [2.24, 2.45) is 0 Å². The van der Waals surface area contributed by atoms with Gasteiger partial charge in [0.15, 0.2) is 12.1 Å². The van der Waals surface area contributed by atoms with E-state index < -0.39 is 18.2 Å². The Labute approximate surface area is 201 Å². The molecule has 2 unspecified atom stereocenters. The highest BCUT2D eigenvalue weighted by atomic mass is 32.1. The lowest BCUT2D eigenvalue weighted by molar-refractivity contribution is -0.126. The molecule has 3 aromatic rings. The number of anilines is 1. The third-order valence-electron chi connectivity index (χ3n) is 5.97. The van der Waals surface area contributed by atoms with Crippen LogP contribution >= 0.6 is 11.3 Å². The molecular weight excluding hydrogens is 450 g/mol. The molecule has 2 aromatic carbocycles. The highest BCUT2D eigenvalue weighted by molar-refractivity contribution is 7.12. The van der Waals surface area contributed by atoms with Crippen LogP contribution in [0.3, 0.4) is 0 Å². The largest absolute Gasteiger partial charge is 0.438 e. The van der Waals surface area contributed by atoms with Gasteiger partial charge in [-0.1, -0.05) is 48.0 Å². The summed E-state index contributed by atoms with van der Waals surface area (Å²) >= 11 is 1.36. The van der Waals surface area contributed by atoms with E-state index in [1.165, 1.54) is 16.2 Å². The molecule has 1 aliphatic heterocycles. The summed E-state index contributed by atoms with van der Waals surface area (Å²) in [6.07, 6.45) is 0.574. The maximum atomic E-state index is 13.2. The lowest BCUT2D eigenvalue weighted by Crippen LogP contribution is -2.46. The molecule has 1 aliphatic carbocycles. The molecule has 8 heteroatoms. The second-order valence-electron chi connectivity index (χ2n) is 8.70. The molecule has 2 heterocycles. The highest BCUT2D eigenvalue weighted by Crippen LogP contribution is 2.35. The van der Waals surface area contributed by atoms with Crippen molar-refractivity contribution < 1.29 is 19.1 Å². The van der Waals surface area contributed by atoms with E-state index in [0.717, 1.165) is 24.0 Å². The Kier molecular flexibility index (Phi) is 6.06. The minimum Gasteiger partial charge on any atom is -0.438 e. The normalized spacial score (nSPS) is 19.6. The number of carbonyl (C=O) groups is 3. The van der Waals surface area contributed by atoms with Crippen LogP contribution in [0, 0.1) is 6.92 Å². The van der Waals surface area contributed by atoms with E-state index in [2.05, 4.69) is 10.6 Å². The fourth-order valence-corrected chi connectivity index (χ4v) is 4.63. The summed E-state index contributed by atoms with van der Waals surface area (Å²) in [4.78, 5) is 40.7. The number of hydrogen-bond donors (Lipinski definition) is 2. The molecule has 2 N–H and O–H groups in total. The molecule has 0 radical (unpaired) electrons. The monoisotopic (exact) mass is 475 g/mol. The zero-order chi connectivity index (χ0) is 23.7. The molecule has 2 aliphatic rings. The molecule has 34 heavy (non-hydrogen) atoms. The summed E-state index contributed by atoms with van der Waals surface area (Å²) in [5.74, 6) is -0.432. The van der Waals surface area contributed by atoms with E-state index in [4.69, 9.17) is 4.74 Å². The molecule has 0 bridgehead atoms. The number of cyclic esters (lactones) is 1. The fourth-order valence-electron chi connectivity index (χ4n) is 4.01. The lowest BCUT2D eigenvalue weighted by atomic mass is 10.00. The molecule has 1 saturated heterocycles. The third-order valence-corrected chi connectivity index (χ3v) is 6.84. The molecular formula is C26H25N3O4S. The van der Waals surface area contributed by atoms with Crippen LogP contribution in [-0.2, 0) is 16.1 Å². The van der Waals surface area contributed by atoms with Crippen molar-refractivity contribution in [3.8, 4) is 0 Å². The first-order valence-corrected chi connectivity index (χ1v) is 12.1. The number of nitrogens with one attached hydrogen (secondary N) is 2. The van der Waals surface area contributed by atoms with Crippen molar-refractivity contribution in [1.82, 2.24) is 10.2 Å². The maximum absolute atomic E-state index is 13.2. The van der Waals surface area contributed by atoms with Crippen LogP contribution in [0.2, 0.25) is 0 Å². The molecule has 7 nitrogen and oxygen atoms in total. The SMILES string of the molecule is Cc1ccc(CN2C(=O)OC(c3cccc(NC(=O)c4cccs4)c3)C2C(=O)NC2CC2)cc1. The minimum absolute atomic E-state index is 0.154. The molecule has 5 rings (SSSR count). The van der Waals surface area contributed by atoms with Crippen molar-refractivity contribution in [3.05, 3.63) is 87.6 Å². The summed E-state index contributed by atoms with van der Waals surface area (Å²) in [5.41, 5.74) is 3.27. The van der Waals surface area contributed by atoms with E-state index in [0.29, 0.717) is 16.1 Å². The molecule has 1 aromatic heterocycles. The third kappa shape index (κ3) is 4.82. The summed E-state index contributed by atoms with van der Waals surface area (Å²) in [7, 11) is 0. The van der Waals surface area contributed by atoms with Crippen LogP contribution in [0.1, 0.15) is 45.3 Å². The fraction of sp³-hybridized carbons (Fsp3) is 0.269. The number of carbonyl (C=O) groups excluding carboxylic acids is 3. The van der Waals surface area contributed by atoms with Crippen LogP contribution in [0.25, 0.3) is 0 Å². The average Bonchev–Trinajstić information content (AvgIpc) is 3.34. The van der Waals surface area contributed by atoms with Gasteiger partial charge in [-0.3, -0.25) is 14.5 Å². The smallest absolute Gasteiger partial charge is 0.411 e. The minimum atomic E-state index is -0.808. The van der Waals surface area contributed by atoms with Gasteiger partial charge >= 0.3 is 6.09 Å². The van der Waals surface area contributed by atoms with Crippen molar-refractivity contribution >= 4 is 34.9 Å². The van der Waals surface area contributed by atoms with Gasteiger partial charge in [0.2, 0.25) is 5.91 Å². The first-order valence-electron chi connectivity index (χ1n) is 11.3. The Morgan fingerprint density at radius 2 is 1.88 bits per heavy atom. The number of hydrogen-bond acceptors (Lipinski definition) is 5. The number of aryl methyl sites for hydroxylation is 1. The molecule has 1 saturated carbocycles. The second-order valence-corrected chi connectivity index (χ2v) is 9.65. The lowest BCUT2D eigenvalue weighted by Gasteiger charge is -2.24. The Bertz CT molecular complexity index is 1210. The van der Waals surface area contributed by atoms with Gasteiger partial charge in [-0.2, -0.15) is 0 Å². The van der Waals surface area contributed by atoms with Crippen molar-refractivity contribution in [1.29, 1.82) is 0 Å². The molecule has 2 atom stereocenters. The van der Waals surface area contributed by atoms with Gasteiger partial charge in [0.25, 0.3) is 5.91 Å².